The van der Waals surface area contributed by atoms with Crippen molar-refractivity contribution in [2.24, 2.45) is 0 Å². The van der Waals surface area contributed by atoms with Gasteiger partial charge in [-0.25, -0.2) is 4.98 Å². The number of hydrogen-bond donors (Lipinski definition) is 1. The lowest BCUT2D eigenvalue weighted by molar-refractivity contribution is 0.133. The number of aromatic nitrogens is 2. The Balaban J connectivity index is 1.57. The van der Waals surface area contributed by atoms with Crippen molar-refractivity contribution in [3.63, 3.8) is 0 Å². The van der Waals surface area contributed by atoms with E-state index in [4.69, 9.17) is 0 Å². The summed E-state index contributed by atoms with van der Waals surface area (Å²) in [4.78, 5) is 5.59. The van der Waals surface area contributed by atoms with Gasteiger partial charge in [0.05, 0.1) is 11.8 Å². The van der Waals surface area contributed by atoms with Crippen LogP contribution in [0.1, 0.15) is 35.6 Å². The molecule has 0 spiro atoms. The Morgan fingerprint density at radius 2 is 2.29 bits per heavy atom. The normalized spacial score (nSPS) is 19.6. The molecule has 4 rings (SSSR count). The fraction of sp³-hybridized carbons (Fsp3) is 0.353. The highest BCUT2D eigenvalue weighted by molar-refractivity contribution is 7.15. The SMILES string of the molecule is OC(Cc1cn2ccsc2n1)C1CCCc2ccccc21. The first kappa shape index (κ1) is 13.0. The number of aliphatic hydroxyl groups excluding tert-OH is 1. The van der Waals surface area contributed by atoms with E-state index in [0.29, 0.717) is 6.42 Å². The van der Waals surface area contributed by atoms with Crippen LogP contribution in [0.4, 0.5) is 0 Å². The first-order valence-electron chi connectivity index (χ1n) is 7.48. The molecule has 3 aromatic rings. The lowest BCUT2D eigenvalue weighted by atomic mass is 9.79. The maximum atomic E-state index is 10.7. The van der Waals surface area contributed by atoms with Crippen LogP contribution in [0.2, 0.25) is 0 Å². The molecule has 0 fully saturated rings. The van der Waals surface area contributed by atoms with Crippen molar-refractivity contribution >= 4 is 16.3 Å². The van der Waals surface area contributed by atoms with E-state index in [-0.39, 0.29) is 12.0 Å². The summed E-state index contributed by atoms with van der Waals surface area (Å²) in [6.45, 7) is 0. The number of aliphatic hydroxyl groups is 1. The summed E-state index contributed by atoms with van der Waals surface area (Å²) in [6.07, 6.45) is 7.70. The molecule has 0 aliphatic heterocycles. The maximum absolute atomic E-state index is 10.7. The Hall–Kier alpha value is -1.65. The minimum atomic E-state index is -0.351. The predicted molar refractivity (Wildman–Crippen MR) is 84.9 cm³/mol. The molecular formula is C17H18N2OS. The zero-order chi connectivity index (χ0) is 14.2. The highest BCUT2D eigenvalue weighted by Gasteiger charge is 2.27. The quantitative estimate of drug-likeness (QED) is 0.804. The number of thiazole rings is 1. The Bertz CT molecular complexity index is 732. The summed E-state index contributed by atoms with van der Waals surface area (Å²) in [5, 5.41) is 12.7. The minimum Gasteiger partial charge on any atom is -0.392 e. The molecule has 4 heteroatoms. The Morgan fingerprint density at radius 3 is 3.19 bits per heavy atom. The van der Waals surface area contributed by atoms with E-state index >= 15 is 0 Å². The number of aryl methyl sites for hydroxylation is 1. The Labute approximate surface area is 127 Å². The molecule has 0 saturated heterocycles. The fourth-order valence-electron chi connectivity index (χ4n) is 3.42. The topological polar surface area (TPSA) is 37.5 Å². The van der Waals surface area contributed by atoms with Gasteiger partial charge in [-0.2, -0.15) is 0 Å². The number of fused-ring (bicyclic) bond motifs is 2. The van der Waals surface area contributed by atoms with Crippen LogP contribution in [0.3, 0.4) is 0 Å². The van der Waals surface area contributed by atoms with Crippen molar-refractivity contribution < 1.29 is 5.11 Å². The monoisotopic (exact) mass is 298 g/mol. The van der Waals surface area contributed by atoms with Gasteiger partial charge in [0.2, 0.25) is 0 Å². The Kier molecular flexibility index (Phi) is 3.28. The molecule has 0 radical (unpaired) electrons. The van der Waals surface area contributed by atoms with Crippen LogP contribution in [0, 0.1) is 0 Å². The van der Waals surface area contributed by atoms with E-state index < -0.39 is 0 Å². The van der Waals surface area contributed by atoms with E-state index in [1.165, 1.54) is 11.1 Å². The predicted octanol–water partition coefficient (Wildman–Crippen LogP) is 3.42. The standard InChI is InChI=1S/C17H18N2OS/c20-16(10-13-11-19-8-9-21-17(19)18-13)15-7-3-5-12-4-1-2-6-14(12)15/h1-2,4,6,8-9,11,15-16,20H,3,5,7,10H2. The van der Waals surface area contributed by atoms with Gasteiger partial charge in [0.15, 0.2) is 4.96 Å². The van der Waals surface area contributed by atoms with E-state index in [1.54, 1.807) is 11.3 Å². The third-order valence-electron chi connectivity index (χ3n) is 4.44. The van der Waals surface area contributed by atoms with Gasteiger partial charge in [-0.1, -0.05) is 24.3 Å². The van der Waals surface area contributed by atoms with Gasteiger partial charge in [-0.15, -0.1) is 11.3 Å². The van der Waals surface area contributed by atoms with Crippen molar-refractivity contribution in [2.45, 2.75) is 37.7 Å². The zero-order valence-electron chi connectivity index (χ0n) is 11.8. The molecular weight excluding hydrogens is 280 g/mol. The van der Waals surface area contributed by atoms with Gasteiger partial charge in [-0.05, 0) is 30.4 Å². The van der Waals surface area contributed by atoms with Crippen LogP contribution >= 0.6 is 11.3 Å². The van der Waals surface area contributed by atoms with Crippen LogP contribution in [0.15, 0.2) is 42.0 Å². The van der Waals surface area contributed by atoms with E-state index in [0.717, 1.165) is 29.9 Å². The van der Waals surface area contributed by atoms with E-state index in [2.05, 4.69) is 29.2 Å². The van der Waals surface area contributed by atoms with Crippen molar-refractivity contribution in [3.05, 3.63) is 58.9 Å². The van der Waals surface area contributed by atoms with Crippen LogP contribution in [0.5, 0.6) is 0 Å². The lowest BCUT2D eigenvalue weighted by Crippen LogP contribution is -2.25. The molecule has 0 bridgehead atoms. The molecule has 3 nitrogen and oxygen atoms in total. The molecule has 21 heavy (non-hydrogen) atoms. The lowest BCUT2D eigenvalue weighted by Gasteiger charge is -2.29. The van der Waals surface area contributed by atoms with Gasteiger partial charge < -0.3 is 5.11 Å². The highest BCUT2D eigenvalue weighted by atomic mass is 32.1. The molecule has 1 aliphatic carbocycles. The first-order valence-corrected chi connectivity index (χ1v) is 8.36. The fourth-order valence-corrected chi connectivity index (χ4v) is 4.14. The average Bonchev–Trinajstić information content (AvgIpc) is 3.07. The van der Waals surface area contributed by atoms with Crippen molar-refractivity contribution in [2.75, 3.05) is 0 Å². The second-order valence-corrected chi connectivity index (χ2v) is 6.67. The van der Waals surface area contributed by atoms with Crippen LogP contribution in [-0.4, -0.2) is 20.6 Å². The number of benzene rings is 1. The molecule has 1 N–H and O–H groups in total. The molecule has 0 saturated carbocycles. The summed E-state index contributed by atoms with van der Waals surface area (Å²) in [7, 11) is 0. The summed E-state index contributed by atoms with van der Waals surface area (Å²) in [5.74, 6) is 0.245. The number of rotatable bonds is 3. The molecule has 108 valence electrons. The summed E-state index contributed by atoms with van der Waals surface area (Å²) in [6, 6.07) is 8.54. The largest absolute Gasteiger partial charge is 0.392 e. The molecule has 0 amide bonds. The van der Waals surface area contributed by atoms with Gasteiger partial charge in [0.1, 0.15) is 0 Å². The molecule has 1 aromatic carbocycles. The molecule has 2 atom stereocenters. The summed E-state index contributed by atoms with van der Waals surface area (Å²) < 4.78 is 2.03. The smallest absolute Gasteiger partial charge is 0.193 e. The van der Waals surface area contributed by atoms with Crippen LogP contribution in [-0.2, 0) is 12.8 Å². The van der Waals surface area contributed by atoms with Crippen LogP contribution in [0.25, 0.3) is 4.96 Å². The van der Waals surface area contributed by atoms with Crippen LogP contribution < -0.4 is 0 Å². The van der Waals surface area contributed by atoms with Gasteiger partial charge >= 0.3 is 0 Å². The third-order valence-corrected chi connectivity index (χ3v) is 5.21. The van der Waals surface area contributed by atoms with Crippen molar-refractivity contribution in [1.82, 2.24) is 9.38 Å². The third kappa shape index (κ3) is 2.39. The maximum Gasteiger partial charge on any atom is 0.193 e. The van der Waals surface area contributed by atoms with Crippen molar-refractivity contribution in [1.29, 1.82) is 0 Å². The minimum absolute atomic E-state index is 0.245. The van der Waals surface area contributed by atoms with Gasteiger partial charge in [-0.3, -0.25) is 4.40 Å². The molecule has 1 aliphatic rings. The number of nitrogens with zero attached hydrogens (tertiary/aromatic N) is 2. The summed E-state index contributed by atoms with van der Waals surface area (Å²) >= 11 is 1.63. The average molecular weight is 298 g/mol. The van der Waals surface area contributed by atoms with E-state index in [1.807, 2.05) is 22.2 Å². The summed E-state index contributed by atoms with van der Waals surface area (Å²) in [5.41, 5.74) is 3.72. The first-order chi connectivity index (χ1) is 10.3. The Morgan fingerprint density at radius 1 is 1.38 bits per heavy atom. The van der Waals surface area contributed by atoms with Gasteiger partial charge in [0.25, 0.3) is 0 Å². The highest BCUT2D eigenvalue weighted by Crippen LogP contribution is 2.34. The number of imidazole rings is 1. The number of hydrogen-bond acceptors (Lipinski definition) is 3. The molecule has 2 aromatic heterocycles. The molecule has 2 heterocycles. The van der Waals surface area contributed by atoms with E-state index in [9.17, 15) is 5.11 Å². The second-order valence-electron chi connectivity index (χ2n) is 5.79. The van der Waals surface area contributed by atoms with Gasteiger partial charge in [0, 0.05) is 30.1 Å². The van der Waals surface area contributed by atoms with Crippen molar-refractivity contribution in [3.8, 4) is 0 Å². The molecule has 2 unspecified atom stereocenters. The second kappa shape index (κ2) is 5.28. The zero-order valence-corrected chi connectivity index (χ0v) is 12.6.